The van der Waals surface area contributed by atoms with Gasteiger partial charge in [-0.15, -0.1) is 0 Å². The fraction of sp³-hybridized carbons (Fsp3) is 0.553. The first kappa shape index (κ1) is 44.0. The molecule has 0 radical (unpaired) electrons. The van der Waals surface area contributed by atoms with Gasteiger partial charge in [-0.2, -0.15) is 5.10 Å². The molecule has 16 nitrogen and oxygen atoms in total. The maximum Gasteiger partial charge on any atom is 0.345 e. The normalized spacial score (nSPS) is 17.1. The molecule has 2 aliphatic rings. The number of aliphatic hydroxyl groups excluding tert-OH is 5. The molecule has 1 fully saturated rings. The molecule has 3 amide bonds. The topological polar surface area (TPSA) is 236 Å². The summed E-state index contributed by atoms with van der Waals surface area (Å²) < 4.78 is 0. The minimum Gasteiger partial charge on any atom is -0.480 e. The predicted octanol–water partition coefficient (Wildman–Crippen LogP) is 1.63. The number of likely N-dealkylation sites (N-methyl/N-ethyl adjacent to an activating group) is 2. The van der Waals surface area contributed by atoms with Crippen LogP contribution >= 0.6 is 0 Å². The second-order valence-corrected chi connectivity index (χ2v) is 14.6. The fourth-order valence-electron chi connectivity index (χ4n) is 6.05. The van der Waals surface area contributed by atoms with Gasteiger partial charge in [-0.25, -0.2) is 9.80 Å². The van der Waals surface area contributed by atoms with Crippen molar-refractivity contribution in [2.24, 2.45) is 16.4 Å². The summed E-state index contributed by atoms with van der Waals surface area (Å²) >= 11 is 0. The number of urea groups is 1. The van der Waals surface area contributed by atoms with Crippen LogP contribution < -0.4 is 20.4 Å². The number of aliphatic carboxylic acids is 1. The van der Waals surface area contributed by atoms with Gasteiger partial charge < -0.3 is 46.2 Å². The summed E-state index contributed by atoms with van der Waals surface area (Å²) in [4.78, 5) is 54.5. The Morgan fingerprint density at radius 2 is 1.59 bits per heavy atom. The van der Waals surface area contributed by atoms with E-state index in [-0.39, 0.29) is 37.9 Å². The van der Waals surface area contributed by atoms with Crippen LogP contribution in [0.1, 0.15) is 58.4 Å². The van der Waals surface area contributed by atoms with Crippen LogP contribution in [0.25, 0.3) is 0 Å². The highest BCUT2D eigenvalue weighted by Gasteiger charge is 2.36. The first-order chi connectivity index (χ1) is 25.5. The molecule has 8 N–H and O–H groups in total. The minimum absolute atomic E-state index is 0.0936. The van der Waals surface area contributed by atoms with E-state index in [0.717, 1.165) is 43.4 Å². The van der Waals surface area contributed by atoms with Crippen molar-refractivity contribution >= 4 is 46.5 Å². The number of carbonyl (C=O) groups excluding carboxylic acids is 3. The van der Waals surface area contributed by atoms with E-state index >= 15 is 0 Å². The van der Waals surface area contributed by atoms with Gasteiger partial charge in [0.2, 0.25) is 5.91 Å². The van der Waals surface area contributed by atoms with Gasteiger partial charge >= 0.3 is 12.0 Å². The molecule has 298 valence electrons. The molecule has 1 aliphatic heterocycles. The van der Waals surface area contributed by atoms with Gasteiger partial charge in [-0.3, -0.25) is 19.3 Å². The summed E-state index contributed by atoms with van der Waals surface area (Å²) in [7, 11) is 3.22. The zero-order valence-electron chi connectivity index (χ0n) is 31.7. The number of amides is 3. The van der Waals surface area contributed by atoms with Gasteiger partial charge in [-0.1, -0.05) is 64.3 Å². The Kier molecular flexibility index (Phi) is 16.5. The van der Waals surface area contributed by atoms with Crippen molar-refractivity contribution < 1.29 is 49.8 Å². The van der Waals surface area contributed by atoms with Crippen LogP contribution in [-0.4, -0.2) is 136 Å². The summed E-state index contributed by atoms with van der Waals surface area (Å²) in [5, 5.41) is 65.4. The van der Waals surface area contributed by atoms with Gasteiger partial charge in [-0.05, 0) is 44.2 Å². The first-order valence-corrected chi connectivity index (χ1v) is 18.1. The van der Waals surface area contributed by atoms with Crippen molar-refractivity contribution in [3.63, 3.8) is 0 Å². The van der Waals surface area contributed by atoms with Crippen LogP contribution in [0.5, 0.6) is 0 Å². The Labute approximate surface area is 316 Å². The van der Waals surface area contributed by atoms with Crippen LogP contribution in [0.2, 0.25) is 0 Å². The largest absolute Gasteiger partial charge is 0.480 e. The number of anilines is 3. The molecule has 0 aromatic heterocycles. The third-order valence-corrected chi connectivity index (χ3v) is 9.26. The molecular weight excluding hydrogens is 700 g/mol. The Morgan fingerprint density at radius 1 is 0.944 bits per heavy atom. The molecule has 4 rings (SSSR count). The summed E-state index contributed by atoms with van der Waals surface area (Å²) in [6, 6.07) is 13.8. The Hall–Kier alpha value is -4.45. The van der Waals surface area contributed by atoms with Crippen LogP contribution in [-0.2, 0) is 14.4 Å². The molecular formula is C38H56N6O10. The van der Waals surface area contributed by atoms with Crippen molar-refractivity contribution in [1.82, 2.24) is 10.3 Å². The molecule has 0 unspecified atom stereocenters. The number of Topliss-reactive ketones (excluding diaryl/α,β-unsaturated/α-hetero) is 1. The lowest BCUT2D eigenvalue weighted by Crippen LogP contribution is -2.48. The molecule has 2 aromatic rings. The molecule has 0 spiro atoms. The third-order valence-electron chi connectivity index (χ3n) is 9.26. The quantitative estimate of drug-likeness (QED) is 0.130. The average molecular weight is 757 g/mol. The van der Waals surface area contributed by atoms with Crippen LogP contribution in [0.4, 0.5) is 21.9 Å². The number of para-hydroxylation sites is 1. The van der Waals surface area contributed by atoms with Gasteiger partial charge in [0.15, 0.2) is 5.78 Å². The van der Waals surface area contributed by atoms with E-state index in [4.69, 9.17) is 30.6 Å². The number of hydrogen-bond acceptors (Lipinski definition) is 12. The lowest BCUT2D eigenvalue weighted by atomic mass is 9.83. The SMILES string of the molecule is CN(CC(=O)O)c1cccc(NC(=O)CN2N=C(C3CCCCC3)c3ccccc3N(CC(=O)C(C)(C)C)C2=O)c1.CNC[C@H](O)[C@@H](O)[C@H](O)[C@H](O)CO. The van der Waals surface area contributed by atoms with Crippen LogP contribution in [0, 0.1) is 11.3 Å². The van der Waals surface area contributed by atoms with Gasteiger partial charge in [0.1, 0.15) is 31.4 Å². The highest BCUT2D eigenvalue weighted by molar-refractivity contribution is 6.13. The van der Waals surface area contributed by atoms with Crippen LogP contribution in [0.3, 0.4) is 0 Å². The fourth-order valence-corrected chi connectivity index (χ4v) is 6.05. The van der Waals surface area contributed by atoms with Crippen molar-refractivity contribution in [2.45, 2.75) is 77.3 Å². The smallest absolute Gasteiger partial charge is 0.345 e. The second kappa shape index (κ2) is 20.3. The highest BCUT2D eigenvalue weighted by atomic mass is 16.4. The van der Waals surface area contributed by atoms with E-state index in [1.54, 1.807) is 43.3 Å². The van der Waals surface area contributed by atoms with E-state index in [1.807, 2.05) is 45.0 Å². The van der Waals surface area contributed by atoms with Crippen LogP contribution in [0.15, 0.2) is 53.6 Å². The van der Waals surface area contributed by atoms with Crippen molar-refractivity contribution in [3.8, 4) is 0 Å². The van der Waals surface area contributed by atoms with E-state index in [9.17, 15) is 24.3 Å². The molecule has 0 bridgehead atoms. The number of hydrazone groups is 1. The van der Waals surface area contributed by atoms with Gasteiger partial charge in [0.25, 0.3) is 0 Å². The van der Waals surface area contributed by atoms with E-state index in [0.29, 0.717) is 17.1 Å². The summed E-state index contributed by atoms with van der Waals surface area (Å²) in [5.74, 6) is -1.39. The lowest BCUT2D eigenvalue weighted by Gasteiger charge is -2.28. The zero-order valence-corrected chi connectivity index (χ0v) is 31.7. The van der Waals surface area contributed by atoms with E-state index in [1.165, 1.54) is 9.91 Å². The summed E-state index contributed by atoms with van der Waals surface area (Å²) in [6.07, 6.45) is -0.467. The number of carboxylic acids is 1. The van der Waals surface area contributed by atoms with Crippen molar-refractivity contribution in [3.05, 3.63) is 54.1 Å². The number of nitrogens with one attached hydrogen (secondary N) is 2. The average Bonchev–Trinajstić information content (AvgIpc) is 3.24. The number of hydrogen-bond donors (Lipinski definition) is 8. The molecule has 1 aliphatic carbocycles. The molecule has 0 saturated heterocycles. The number of nitrogens with zero attached hydrogens (tertiary/aromatic N) is 4. The third kappa shape index (κ3) is 12.3. The molecule has 1 heterocycles. The highest BCUT2D eigenvalue weighted by Crippen LogP contribution is 2.34. The lowest BCUT2D eigenvalue weighted by molar-refractivity contribution is -0.135. The Bertz CT molecular complexity index is 1610. The number of ketones is 1. The minimum atomic E-state index is -1.55. The monoisotopic (exact) mass is 756 g/mol. The number of benzene rings is 2. The second-order valence-electron chi connectivity index (χ2n) is 14.6. The molecule has 1 saturated carbocycles. The number of fused-ring (bicyclic) bond motifs is 1. The number of carboxylic acid groups (broad SMARTS) is 1. The molecule has 54 heavy (non-hydrogen) atoms. The van der Waals surface area contributed by atoms with E-state index in [2.05, 4.69) is 10.6 Å². The number of carbonyl (C=O) groups is 4. The predicted molar refractivity (Wildman–Crippen MR) is 204 cm³/mol. The molecule has 2 aromatic carbocycles. The van der Waals surface area contributed by atoms with E-state index < -0.39 is 54.3 Å². The zero-order chi connectivity index (χ0) is 40.2. The molecule has 16 heteroatoms. The van der Waals surface area contributed by atoms with Gasteiger partial charge in [0.05, 0.1) is 30.7 Å². The maximum absolute atomic E-state index is 14.0. The van der Waals surface area contributed by atoms with Crippen molar-refractivity contribution in [1.29, 1.82) is 0 Å². The Morgan fingerprint density at radius 3 is 2.20 bits per heavy atom. The number of rotatable bonds is 15. The summed E-state index contributed by atoms with van der Waals surface area (Å²) in [6.45, 7) is 4.21. The van der Waals surface area contributed by atoms with Crippen molar-refractivity contribution in [2.75, 3.05) is 62.0 Å². The molecule has 4 atom stereocenters. The standard InChI is InChI=1S/C31H39N5O5.C7H17NO5/c1-31(2,3)26(37)18-35-25-16-9-8-15-24(25)29(21-11-6-5-7-12-21)33-36(30(35)41)19-27(38)32-22-13-10-14-23(17-22)34(4)20-28(39)40;1-8-2-4(10)6(12)7(13)5(11)3-9/h8-10,13-17,21H,5-7,11-12,18-20H2,1-4H3,(H,32,38)(H,39,40);4-13H,2-3H2,1H3/t;4-,5+,6+,7+/m.0/s1. The maximum atomic E-state index is 14.0. The number of aliphatic hydroxyl groups is 5. The Balaban J connectivity index is 0.000000515. The first-order valence-electron chi connectivity index (χ1n) is 18.1. The van der Waals surface area contributed by atoms with Gasteiger partial charge in [0, 0.05) is 41.9 Å². The summed E-state index contributed by atoms with van der Waals surface area (Å²) in [5.41, 5.74) is 2.63.